The maximum atomic E-state index is 6.75. The van der Waals surface area contributed by atoms with Crippen LogP contribution in [-0.2, 0) is 4.43 Å². The summed E-state index contributed by atoms with van der Waals surface area (Å²) in [6, 6.07) is 11.8. The van der Waals surface area contributed by atoms with E-state index in [1.54, 1.807) is 0 Å². The molecule has 0 N–H and O–H groups in total. The number of nitrogens with zero attached hydrogens (tertiary/aromatic N) is 2. The van der Waals surface area contributed by atoms with Crippen molar-refractivity contribution < 1.29 is 4.43 Å². The van der Waals surface area contributed by atoms with Crippen LogP contribution in [0.25, 0.3) is 0 Å². The fourth-order valence-electron chi connectivity index (χ4n) is 4.29. The molecule has 0 unspecified atom stereocenters. The third-order valence-electron chi connectivity index (χ3n) is 7.08. The normalized spacial score (nSPS) is 24.3. The molecule has 1 aromatic carbocycles. The van der Waals surface area contributed by atoms with Crippen LogP contribution in [0.5, 0.6) is 0 Å². The van der Waals surface area contributed by atoms with Crippen molar-refractivity contribution >= 4 is 14.0 Å². The fraction of sp³-hybridized carbons (Fsp3) is 0.708. The first kappa shape index (κ1) is 21.7. The van der Waals surface area contributed by atoms with E-state index < -0.39 is 8.32 Å². The number of fused-ring (bicyclic) bond motifs is 2. The van der Waals surface area contributed by atoms with E-state index in [0.717, 1.165) is 6.61 Å². The Bertz CT molecular complexity index is 665. The maximum Gasteiger partial charge on any atom is 0.192 e. The summed E-state index contributed by atoms with van der Waals surface area (Å²) in [4.78, 5) is 7.91. The Balaban J connectivity index is 1.84. The molecule has 3 atom stereocenters. The number of rotatable bonds is 8. The van der Waals surface area contributed by atoms with Crippen molar-refractivity contribution in [2.24, 2.45) is 4.99 Å². The van der Waals surface area contributed by atoms with E-state index in [-0.39, 0.29) is 5.04 Å². The topological polar surface area (TPSA) is 24.8 Å². The van der Waals surface area contributed by atoms with Crippen molar-refractivity contribution in [1.82, 2.24) is 4.90 Å². The molecule has 156 valence electrons. The third-order valence-corrected chi connectivity index (χ3v) is 11.6. The first-order valence-electron chi connectivity index (χ1n) is 11.3. The highest BCUT2D eigenvalue weighted by Crippen LogP contribution is 2.41. The molecule has 0 spiro atoms. The predicted molar refractivity (Wildman–Crippen MR) is 123 cm³/mol. The lowest BCUT2D eigenvalue weighted by atomic mass is 9.93. The molecule has 0 radical (unpaired) electrons. The lowest BCUT2D eigenvalue weighted by Crippen LogP contribution is -2.49. The van der Waals surface area contributed by atoms with Gasteiger partial charge in [0.05, 0.1) is 18.7 Å². The number of aliphatic imine (C=N–C) groups is 1. The summed E-state index contributed by atoms with van der Waals surface area (Å²) < 4.78 is 6.75. The van der Waals surface area contributed by atoms with Gasteiger partial charge in [0.25, 0.3) is 0 Å². The van der Waals surface area contributed by atoms with E-state index in [2.05, 4.69) is 76.0 Å². The SMILES string of the molecule is CCCCC1=N[C@H]2CCC[C@@H]1N2[C@@H](CO[Si](C)(C)C(C)(C)C)c1ccccc1. The monoisotopic (exact) mass is 400 g/mol. The lowest BCUT2D eigenvalue weighted by Gasteiger charge is -2.43. The van der Waals surface area contributed by atoms with Crippen LogP contribution in [0.15, 0.2) is 35.3 Å². The Morgan fingerprint density at radius 1 is 1.18 bits per heavy atom. The van der Waals surface area contributed by atoms with E-state index in [0.29, 0.717) is 18.2 Å². The zero-order valence-corrected chi connectivity index (χ0v) is 19.9. The minimum absolute atomic E-state index is 0.234. The van der Waals surface area contributed by atoms with E-state index in [1.165, 1.54) is 49.8 Å². The fourth-order valence-corrected chi connectivity index (χ4v) is 5.30. The maximum absolute atomic E-state index is 6.75. The Hall–Kier alpha value is -0.973. The highest BCUT2D eigenvalue weighted by molar-refractivity contribution is 6.74. The van der Waals surface area contributed by atoms with Crippen LogP contribution in [0.1, 0.15) is 77.8 Å². The number of unbranched alkanes of at least 4 members (excludes halogenated alkanes) is 1. The van der Waals surface area contributed by atoms with Crippen molar-refractivity contribution in [2.75, 3.05) is 6.61 Å². The van der Waals surface area contributed by atoms with Gasteiger partial charge in [-0.1, -0.05) is 64.4 Å². The van der Waals surface area contributed by atoms with Crippen LogP contribution in [0.4, 0.5) is 0 Å². The number of benzene rings is 1. The molecule has 1 saturated heterocycles. The Morgan fingerprint density at radius 2 is 1.89 bits per heavy atom. The largest absolute Gasteiger partial charge is 0.415 e. The highest BCUT2D eigenvalue weighted by atomic mass is 28.4. The van der Waals surface area contributed by atoms with Crippen LogP contribution >= 0.6 is 0 Å². The second-order valence-corrected chi connectivity index (χ2v) is 14.9. The van der Waals surface area contributed by atoms with Gasteiger partial charge in [-0.25, -0.2) is 0 Å². The van der Waals surface area contributed by atoms with Crippen molar-refractivity contribution in [3.05, 3.63) is 35.9 Å². The zero-order chi connectivity index (χ0) is 20.4. The molecule has 0 aliphatic carbocycles. The summed E-state index contributed by atoms with van der Waals surface area (Å²) in [5.74, 6) is 0. The Morgan fingerprint density at radius 3 is 2.54 bits per heavy atom. The molecule has 1 aromatic rings. The molecule has 1 fully saturated rings. The number of piperidine rings is 1. The minimum atomic E-state index is -1.79. The molecular weight excluding hydrogens is 360 g/mol. The predicted octanol–water partition coefficient (Wildman–Crippen LogP) is 6.57. The smallest absolute Gasteiger partial charge is 0.192 e. The van der Waals surface area contributed by atoms with Gasteiger partial charge < -0.3 is 4.43 Å². The van der Waals surface area contributed by atoms with Gasteiger partial charge in [0.15, 0.2) is 8.32 Å². The van der Waals surface area contributed by atoms with E-state index in [4.69, 9.17) is 9.42 Å². The van der Waals surface area contributed by atoms with Gasteiger partial charge in [-0.15, -0.1) is 0 Å². The Labute approximate surface area is 173 Å². The van der Waals surface area contributed by atoms with Gasteiger partial charge in [0.2, 0.25) is 0 Å². The lowest BCUT2D eigenvalue weighted by molar-refractivity contribution is 0.0559. The number of hydrogen-bond donors (Lipinski definition) is 0. The minimum Gasteiger partial charge on any atom is -0.415 e. The second-order valence-electron chi connectivity index (χ2n) is 10.1. The van der Waals surface area contributed by atoms with Crippen LogP contribution in [0.2, 0.25) is 18.1 Å². The molecule has 0 aromatic heterocycles. The van der Waals surface area contributed by atoms with Crippen molar-refractivity contribution in [3.63, 3.8) is 0 Å². The quantitative estimate of drug-likeness (QED) is 0.461. The van der Waals surface area contributed by atoms with Crippen LogP contribution < -0.4 is 0 Å². The van der Waals surface area contributed by atoms with Crippen LogP contribution in [0.3, 0.4) is 0 Å². The standard InChI is InChI=1S/C24H40N2OSi/c1-7-8-15-20-21-16-12-17-23(25-20)26(21)22(19-13-10-9-11-14-19)18-27-28(5,6)24(2,3)4/h9-11,13-14,21-23H,7-8,12,15-18H2,1-6H3/t21-,22-,23+/m0/s1. The van der Waals surface area contributed by atoms with Gasteiger partial charge >= 0.3 is 0 Å². The van der Waals surface area contributed by atoms with Crippen molar-refractivity contribution in [3.8, 4) is 0 Å². The molecule has 3 nitrogen and oxygen atoms in total. The first-order chi connectivity index (χ1) is 13.2. The molecule has 4 heteroatoms. The average Bonchev–Trinajstić information content (AvgIpc) is 2.84. The van der Waals surface area contributed by atoms with Gasteiger partial charge in [0, 0.05) is 5.71 Å². The average molecular weight is 401 g/mol. The van der Waals surface area contributed by atoms with Crippen molar-refractivity contribution in [1.29, 1.82) is 0 Å². The summed E-state index contributed by atoms with van der Waals surface area (Å²) in [6.45, 7) is 14.8. The van der Waals surface area contributed by atoms with Crippen LogP contribution in [-0.4, -0.2) is 37.7 Å². The molecule has 2 bridgehead atoms. The molecule has 3 rings (SSSR count). The Kier molecular flexibility index (Phi) is 6.83. The van der Waals surface area contributed by atoms with E-state index in [9.17, 15) is 0 Å². The van der Waals surface area contributed by atoms with Gasteiger partial charge in [0.1, 0.15) is 6.17 Å². The number of hydrogen-bond acceptors (Lipinski definition) is 3. The summed E-state index contributed by atoms with van der Waals surface area (Å²) in [7, 11) is -1.79. The molecule has 28 heavy (non-hydrogen) atoms. The summed E-state index contributed by atoms with van der Waals surface area (Å²) >= 11 is 0. The van der Waals surface area contributed by atoms with Crippen molar-refractivity contribution in [2.45, 2.75) is 103 Å². The van der Waals surface area contributed by atoms with E-state index in [1.807, 2.05) is 0 Å². The highest BCUT2D eigenvalue weighted by Gasteiger charge is 2.44. The second kappa shape index (κ2) is 8.81. The molecule has 0 saturated carbocycles. The van der Waals surface area contributed by atoms with Gasteiger partial charge in [-0.3, -0.25) is 9.89 Å². The molecule has 2 heterocycles. The molecule has 2 aliphatic rings. The van der Waals surface area contributed by atoms with Gasteiger partial charge in [-0.05, 0) is 55.8 Å². The summed E-state index contributed by atoms with van der Waals surface area (Å²) in [6.07, 6.45) is 7.75. The molecule has 0 amide bonds. The zero-order valence-electron chi connectivity index (χ0n) is 18.9. The third kappa shape index (κ3) is 4.60. The summed E-state index contributed by atoms with van der Waals surface area (Å²) in [5, 5.41) is 0.234. The van der Waals surface area contributed by atoms with Gasteiger partial charge in [-0.2, -0.15) is 0 Å². The first-order valence-corrected chi connectivity index (χ1v) is 14.2. The van der Waals surface area contributed by atoms with Crippen LogP contribution in [0, 0.1) is 0 Å². The molecular formula is C24H40N2OSi. The van der Waals surface area contributed by atoms with E-state index >= 15 is 0 Å². The molecule has 2 aliphatic heterocycles. The summed E-state index contributed by atoms with van der Waals surface area (Å²) in [5.41, 5.74) is 2.84.